The van der Waals surface area contributed by atoms with Gasteiger partial charge in [-0.2, -0.15) is 0 Å². The summed E-state index contributed by atoms with van der Waals surface area (Å²) in [4.78, 5) is 49.9. The molecular formula is C22H29N7O6S4Si. The number of ether oxygens (including phenoxy) is 2. The average Bonchev–Trinajstić information content (AvgIpc) is 3.59. The number of nitrogens with one attached hydrogen (secondary N) is 1. The van der Waals surface area contributed by atoms with Crippen LogP contribution in [0.15, 0.2) is 32.2 Å². The van der Waals surface area contributed by atoms with Crippen LogP contribution in [0.1, 0.15) is 5.69 Å². The minimum absolute atomic E-state index is 0.108. The van der Waals surface area contributed by atoms with Gasteiger partial charge in [-0.05, 0) is 23.1 Å². The molecule has 0 saturated carbocycles. The van der Waals surface area contributed by atoms with Crippen LogP contribution in [0.25, 0.3) is 0 Å². The number of carbonyl (C=O) groups is 3. The van der Waals surface area contributed by atoms with Crippen molar-refractivity contribution in [3.63, 3.8) is 0 Å². The first-order chi connectivity index (χ1) is 19.1. The van der Waals surface area contributed by atoms with Crippen LogP contribution in [0.5, 0.6) is 0 Å². The van der Waals surface area contributed by atoms with E-state index in [9.17, 15) is 14.4 Å². The number of hydrogen-bond acceptors (Lipinski definition) is 15. The number of carbonyl (C=O) groups excluding carboxylic acids is 3. The number of thiazole rings is 1. The number of fused-ring (bicyclic) bond motifs is 1. The topological polar surface area (TPSA) is 171 Å². The molecule has 0 radical (unpaired) electrons. The smallest absolute Gasteiger partial charge is 0.357 e. The van der Waals surface area contributed by atoms with Gasteiger partial charge in [-0.1, -0.05) is 29.3 Å². The fourth-order valence-electron chi connectivity index (χ4n) is 3.67. The lowest BCUT2D eigenvalue weighted by Crippen LogP contribution is -2.71. The molecule has 2 aromatic heterocycles. The van der Waals surface area contributed by atoms with E-state index >= 15 is 0 Å². The number of rotatable bonds is 13. The highest BCUT2D eigenvalue weighted by molar-refractivity contribution is 8.01. The average molecular weight is 644 g/mol. The Labute approximate surface area is 248 Å². The highest BCUT2D eigenvalue weighted by Crippen LogP contribution is 2.42. The monoisotopic (exact) mass is 643 g/mol. The van der Waals surface area contributed by atoms with E-state index < -0.39 is 37.3 Å². The number of esters is 1. The molecule has 3 N–H and O–H groups in total. The van der Waals surface area contributed by atoms with E-state index in [1.54, 1.807) is 11.6 Å². The maximum atomic E-state index is 13.3. The van der Waals surface area contributed by atoms with Gasteiger partial charge in [0.1, 0.15) is 34.1 Å². The van der Waals surface area contributed by atoms with Gasteiger partial charge in [0.25, 0.3) is 11.8 Å². The molecule has 40 heavy (non-hydrogen) atoms. The number of amides is 2. The number of thioether (sulfide) groups is 2. The Morgan fingerprint density at radius 1 is 1.35 bits per heavy atom. The Balaban J connectivity index is 1.47. The minimum atomic E-state index is -1.29. The lowest BCUT2D eigenvalue weighted by molar-refractivity contribution is -0.159. The Kier molecular flexibility index (Phi) is 10.2. The van der Waals surface area contributed by atoms with E-state index in [2.05, 4.69) is 44.7 Å². The van der Waals surface area contributed by atoms with Crippen LogP contribution in [0.2, 0.25) is 25.7 Å². The number of hydrogen-bond donors (Lipinski definition) is 2. The normalized spacial score (nSPS) is 19.2. The number of β-lactam (4-membered cyclic amide) rings is 1. The van der Waals surface area contributed by atoms with E-state index in [4.69, 9.17) is 20.0 Å². The molecule has 1 fully saturated rings. The van der Waals surface area contributed by atoms with E-state index in [1.807, 2.05) is 0 Å². The lowest BCUT2D eigenvalue weighted by Gasteiger charge is -2.49. The standard InChI is InChI=1S/C22H29N7O6S4Si/c1-33-27-15(13-10-38-22(23)25-13)18(30)26-16-19(31)29-17(21(32)35-11-34-5-6-40(2,3)4)12(9-37-20(16)29)8-36-14-7-24-28-39-14/h7,10,16,20H,5-6,8-9,11H2,1-4H3,(H2,23,25)(H,26,30)/b27-15-/t16-,20-/m1/s1. The third kappa shape index (κ3) is 7.41. The number of nitrogens with two attached hydrogens (primary N) is 1. The van der Waals surface area contributed by atoms with Gasteiger partial charge in [-0.3, -0.25) is 14.5 Å². The fraction of sp³-hybridized carbons (Fsp3) is 0.500. The van der Waals surface area contributed by atoms with Crippen molar-refractivity contribution in [1.29, 1.82) is 0 Å². The second kappa shape index (κ2) is 13.4. The molecule has 2 atom stereocenters. The van der Waals surface area contributed by atoms with Crippen LogP contribution in [-0.2, 0) is 28.7 Å². The number of anilines is 1. The highest BCUT2D eigenvalue weighted by Gasteiger charge is 2.54. The third-order valence-corrected chi connectivity index (χ3v) is 11.3. The molecule has 4 rings (SSSR count). The van der Waals surface area contributed by atoms with Gasteiger partial charge in [0.05, 0.1) is 6.20 Å². The molecule has 2 aliphatic rings. The summed E-state index contributed by atoms with van der Waals surface area (Å²) in [5, 5.41) is 11.6. The summed E-state index contributed by atoms with van der Waals surface area (Å²) in [6.07, 6.45) is 1.65. The first kappa shape index (κ1) is 30.4. The molecular weight excluding hydrogens is 615 g/mol. The Morgan fingerprint density at radius 2 is 2.15 bits per heavy atom. The van der Waals surface area contributed by atoms with Gasteiger partial charge in [-0.15, -0.1) is 40.0 Å². The van der Waals surface area contributed by atoms with Crippen LogP contribution in [-0.4, -0.2) is 94.5 Å². The van der Waals surface area contributed by atoms with Crippen LogP contribution < -0.4 is 11.1 Å². The summed E-state index contributed by atoms with van der Waals surface area (Å²) in [6.45, 7) is 6.98. The molecule has 0 bridgehead atoms. The van der Waals surface area contributed by atoms with E-state index in [0.29, 0.717) is 18.1 Å². The third-order valence-electron chi connectivity index (χ3n) is 5.69. The molecule has 13 nitrogen and oxygen atoms in total. The molecule has 0 unspecified atom stereocenters. The molecule has 0 aliphatic carbocycles. The Hall–Kier alpha value is -2.51. The number of nitrogens with zero attached hydrogens (tertiary/aromatic N) is 5. The van der Waals surface area contributed by atoms with Gasteiger partial charge in [0.15, 0.2) is 17.6 Å². The highest BCUT2D eigenvalue weighted by atomic mass is 32.2. The van der Waals surface area contributed by atoms with Gasteiger partial charge >= 0.3 is 5.97 Å². The molecule has 2 aromatic rings. The molecule has 216 valence electrons. The van der Waals surface area contributed by atoms with E-state index in [1.165, 1.54) is 47.1 Å². The number of oxime groups is 1. The van der Waals surface area contributed by atoms with Crippen molar-refractivity contribution in [2.45, 2.75) is 41.3 Å². The second-order valence-corrected chi connectivity index (χ2v) is 19.5. The SMILES string of the molecule is CO/N=C(\C(=O)N[C@@H]1C(=O)N2C(C(=O)OCOCC[Si](C)(C)C)=C(CSc3cnns3)CS[C@H]12)c1csc(N)n1. The molecule has 2 aliphatic heterocycles. The molecule has 1 saturated heterocycles. The summed E-state index contributed by atoms with van der Waals surface area (Å²) < 4.78 is 15.7. The van der Waals surface area contributed by atoms with Crippen molar-refractivity contribution in [2.75, 3.05) is 37.7 Å². The molecule has 18 heteroatoms. The van der Waals surface area contributed by atoms with Crippen molar-refractivity contribution in [3.8, 4) is 0 Å². The van der Waals surface area contributed by atoms with Crippen LogP contribution in [0.4, 0.5) is 5.13 Å². The zero-order valence-corrected chi connectivity index (χ0v) is 26.5. The van der Waals surface area contributed by atoms with Crippen LogP contribution >= 0.6 is 46.4 Å². The summed E-state index contributed by atoms with van der Waals surface area (Å²) in [5.41, 5.74) is 6.74. The molecule has 0 aromatic carbocycles. The van der Waals surface area contributed by atoms with Gasteiger partial charge in [0.2, 0.25) is 0 Å². The Morgan fingerprint density at radius 3 is 2.80 bits per heavy atom. The summed E-state index contributed by atoms with van der Waals surface area (Å²) in [6, 6.07) is 0.0520. The first-order valence-electron chi connectivity index (χ1n) is 12.0. The van der Waals surface area contributed by atoms with Crippen molar-refractivity contribution in [1.82, 2.24) is 24.8 Å². The van der Waals surface area contributed by atoms with Crippen molar-refractivity contribution >= 4 is 83.1 Å². The van der Waals surface area contributed by atoms with Crippen LogP contribution in [0.3, 0.4) is 0 Å². The van der Waals surface area contributed by atoms with E-state index in [0.717, 1.165) is 27.2 Å². The summed E-state index contributed by atoms with van der Waals surface area (Å²) >= 11 is 5.31. The maximum absolute atomic E-state index is 13.3. The summed E-state index contributed by atoms with van der Waals surface area (Å²) in [7, 11) is 0.00808. The van der Waals surface area contributed by atoms with Gasteiger partial charge in [0, 0.05) is 31.6 Å². The second-order valence-electron chi connectivity index (χ2n) is 9.80. The first-order valence-corrected chi connectivity index (χ1v) is 19.4. The largest absolute Gasteiger partial charge is 0.434 e. The zero-order chi connectivity index (χ0) is 28.9. The maximum Gasteiger partial charge on any atom is 0.357 e. The predicted octanol–water partition coefficient (Wildman–Crippen LogP) is 2.23. The molecule has 0 spiro atoms. The van der Waals surface area contributed by atoms with E-state index in [-0.39, 0.29) is 29.0 Å². The molecule has 2 amide bonds. The summed E-state index contributed by atoms with van der Waals surface area (Å²) in [5.74, 6) is -0.819. The van der Waals surface area contributed by atoms with Crippen molar-refractivity contribution in [3.05, 3.63) is 28.5 Å². The number of nitrogen functional groups attached to an aromatic ring is 1. The van der Waals surface area contributed by atoms with Crippen LogP contribution in [0, 0.1) is 0 Å². The zero-order valence-electron chi connectivity index (χ0n) is 22.2. The van der Waals surface area contributed by atoms with Crippen molar-refractivity contribution in [2.24, 2.45) is 5.16 Å². The minimum Gasteiger partial charge on any atom is -0.434 e. The van der Waals surface area contributed by atoms with Crippen molar-refractivity contribution < 1.29 is 28.7 Å². The Bertz CT molecular complexity index is 1300. The number of aromatic nitrogens is 3. The predicted molar refractivity (Wildman–Crippen MR) is 158 cm³/mol. The quantitative estimate of drug-likeness (QED) is 0.0477. The fourth-order valence-corrected chi connectivity index (χ4v) is 7.88. The lowest BCUT2D eigenvalue weighted by atomic mass is 10.0. The molecule has 4 heterocycles. The van der Waals surface area contributed by atoms with Gasteiger partial charge < -0.3 is 25.4 Å². The van der Waals surface area contributed by atoms with Gasteiger partial charge in [-0.25, -0.2) is 9.78 Å².